The summed E-state index contributed by atoms with van der Waals surface area (Å²) in [7, 11) is 9.07. The maximum Gasteiger partial charge on any atom is 0.204 e. The first-order valence-corrected chi connectivity index (χ1v) is 9.01. The second-order valence-electron chi connectivity index (χ2n) is 7.05. The molecule has 1 N–H and O–H groups in total. The molecule has 0 aromatic carbocycles. The van der Waals surface area contributed by atoms with Crippen LogP contribution in [0.25, 0.3) is 0 Å². The third-order valence-corrected chi connectivity index (χ3v) is 5.23. The van der Waals surface area contributed by atoms with Crippen molar-refractivity contribution in [2.75, 3.05) is 21.1 Å². The Hall–Kier alpha value is -0.310. The van der Waals surface area contributed by atoms with Crippen molar-refractivity contribution in [1.82, 2.24) is 0 Å². The quantitative estimate of drug-likeness (QED) is 0.259. The first-order valence-electron chi connectivity index (χ1n) is 8.43. The number of ketones is 2. The molecule has 0 aliphatic heterocycles. The van der Waals surface area contributed by atoms with Crippen molar-refractivity contribution in [2.45, 2.75) is 76.6 Å². The summed E-state index contributed by atoms with van der Waals surface area (Å²) in [4.78, 5) is 25.2. The summed E-state index contributed by atoms with van der Waals surface area (Å²) < 4.78 is 0.298. The van der Waals surface area contributed by atoms with Crippen LogP contribution >= 0.6 is 9.24 Å². The van der Waals surface area contributed by atoms with E-state index in [2.05, 4.69) is 23.1 Å². The molecule has 5 heteroatoms. The van der Waals surface area contributed by atoms with E-state index in [4.69, 9.17) is 0 Å². The molecular formula is C17H34NO3P. The molecule has 0 aliphatic rings. The molecule has 0 aliphatic carbocycles. The van der Waals surface area contributed by atoms with Gasteiger partial charge >= 0.3 is 0 Å². The number of nitrogens with zero attached hydrogens (tertiary/aromatic N) is 1. The molecule has 1 unspecified atom stereocenters. The first kappa shape index (κ1) is 21.7. The molecule has 0 saturated carbocycles. The molecule has 4 nitrogen and oxygen atoms in total. The number of rotatable bonds is 12. The van der Waals surface area contributed by atoms with Gasteiger partial charge in [0.1, 0.15) is 0 Å². The minimum Gasteiger partial charge on any atom is -0.488 e. The summed E-state index contributed by atoms with van der Waals surface area (Å²) in [6.45, 7) is 4.12. The van der Waals surface area contributed by atoms with Crippen molar-refractivity contribution in [3.05, 3.63) is 0 Å². The summed E-state index contributed by atoms with van der Waals surface area (Å²) >= 11 is 0. The molecule has 0 heterocycles. The zero-order valence-electron chi connectivity index (χ0n) is 14.9. The number of unbranched alkanes of at least 4 members (excludes halogenated alkanes) is 4. The largest absolute Gasteiger partial charge is 0.488 e. The van der Waals surface area contributed by atoms with Crippen molar-refractivity contribution in [2.24, 2.45) is 0 Å². The Kier molecular flexibility index (Phi) is 9.61. The van der Waals surface area contributed by atoms with Crippen LogP contribution in [0.4, 0.5) is 0 Å². The van der Waals surface area contributed by atoms with E-state index in [0.717, 1.165) is 38.5 Å². The van der Waals surface area contributed by atoms with Crippen molar-refractivity contribution < 1.29 is 19.2 Å². The smallest absolute Gasteiger partial charge is 0.204 e. The van der Waals surface area contributed by atoms with Gasteiger partial charge in [-0.2, -0.15) is 0 Å². The first-order chi connectivity index (χ1) is 10.1. The van der Waals surface area contributed by atoms with E-state index >= 15 is 0 Å². The number of hydrogen-bond donors (Lipinski definition) is 1. The highest BCUT2D eigenvalue weighted by Gasteiger charge is 2.48. The standard InChI is InChI=1S/C17H34NO3P/c1-6-8-10-12-14(19)17(21,16(22)18(3,4)5)15(20)13-11-9-7-2/h16,21-22H,6-13H2,1-5H3. The molecule has 0 amide bonds. The molecule has 0 bridgehead atoms. The van der Waals surface area contributed by atoms with Gasteiger partial charge in [-0.25, -0.2) is 0 Å². The van der Waals surface area contributed by atoms with Crippen LogP contribution in [0.15, 0.2) is 0 Å². The van der Waals surface area contributed by atoms with Gasteiger partial charge in [0.25, 0.3) is 0 Å². The van der Waals surface area contributed by atoms with Crippen LogP contribution in [0.3, 0.4) is 0 Å². The van der Waals surface area contributed by atoms with Gasteiger partial charge < -0.3 is 18.8 Å². The Morgan fingerprint density at radius 2 is 1.32 bits per heavy atom. The maximum absolute atomic E-state index is 12.6. The number of carbonyl (C=O) groups excluding carboxylic acids is 2. The zero-order chi connectivity index (χ0) is 17.4. The third-order valence-electron chi connectivity index (χ3n) is 4.04. The predicted molar refractivity (Wildman–Crippen MR) is 93.4 cm³/mol. The van der Waals surface area contributed by atoms with E-state index in [1.807, 2.05) is 21.1 Å². The summed E-state index contributed by atoms with van der Waals surface area (Å²) in [5.41, 5.74) is -1.93. The highest BCUT2D eigenvalue weighted by atomic mass is 31.0. The van der Waals surface area contributed by atoms with E-state index in [0.29, 0.717) is 4.48 Å². The SMILES string of the molecule is CCCCCC(=O)C(O)(C(=O)CCCCC)C([PH-])[N+](C)(C)C. The molecule has 0 fully saturated rings. The van der Waals surface area contributed by atoms with Crippen LogP contribution in [-0.4, -0.2) is 53.7 Å². The molecule has 0 radical (unpaired) electrons. The summed E-state index contributed by atoms with van der Waals surface area (Å²) in [6, 6.07) is 0. The number of Topliss-reactive ketones (excluding diaryl/α,β-unsaturated/α-hetero) is 2. The van der Waals surface area contributed by atoms with Crippen molar-refractivity contribution >= 4 is 20.8 Å². The van der Waals surface area contributed by atoms with Crippen LogP contribution in [0.5, 0.6) is 0 Å². The van der Waals surface area contributed by atoms with Crippen LogP contribution in [0.1, 0.15) is 65.2 Å². The molecule has 0 saturated heterocycles. The Labute approximate surface area is 138 Å². The summed E-state index contributed by atoms with van der Waals surface area (Å²) in [5.74, 6) is -1.35. The molecular weight excluding hydrogens is 297 g/mol. The number of quaternary nitrogens is 1. The fourth-order valence-electron chi connectivity index (χ4n) is 2.47. The number of hydrogen-bond acceptors (Lipinski definition) is 3. The zero-order valence-corrected chi connectivity index (χ0v) is 15.9. The Balaban J connectivity index is 5.20. The van der Waals surface area contributed by atoms with E-state index in [-0.39, 0.29) is 24.4 Å². The van der Waals surface area contributed by atoms with Crippen LogP contribution in [-0.2, 0) is 9.59 Å². The van der Waals surface area contributed by atoms with Gasteiger partial charge in [0, 0.05) is 18.6 Å². The predicted octanol–water partition coefficient (Wildman–Crippen LogP) is 3.19. The van der Waals surface area contributed by atoms with E-state index < -0.39 is 11.4 Å². The molecule has 0 rings (SSSR count). The third kappa shape index (κ3) is 6.06. The lowest BCUT2D eigenvalue weighted by Crippen LogP contribution is -2.63. The fourth-order valence-corrected chi connectivity index (χ4v) is 2.80. The normalized spacial score (nSPS) is 14.0. The van der Waals surface area contributed by atoms with Crippen LogP contribution in [0, 0.1) is 0 Å². The van der Waals surface area contributed by atoms with Crippen molar-refractivity contribution in [3.63, 3.8) is 0 Å². The lowest BCUT2D eigenvalue weighted by Gasteiger charge is -2.46. The van der Waals surface area contributed by atoms with E-state index in [9.17, 15) is 14.7 Å². The maximum atomic E-state index is 12.6. The van der Waals surface area contributed by atoms with Gasteiger partial charge in [0.15, 0.2) is 11.6 Å². The number of likely N-dealkylation sites (N-methyl/N-ethyl adjacent to an activating group) is 1. The van der Waals surface area contributed by atoms with Crippen LogP contribution < -0.4 is 0 Å². The second-order valence-corrected chi connectivity index (χ2v) is 7.59. The summed E-state index contributed by atoms with van der Waals surface area (Å²) in [6.07, 6.45) is 5.82. The van der Waals surface area contributed by atoms with Gasteiger partial charge in [-0.05, 0) is 12.8 Å². The molecule has 0 aromatic rings. The molecule has 22 heavy (non-hydrogen) atoms. The average molecular weight is 331 g/mol. The van der Waals surface area contributed by atoms with Gasteiger partial charge in [0.2, 0.25) is 5.60 Å². The Morgan fingerprint density at radius 3 is 1.59 bits per heavy atom. The average Bonchev–Trinajstić information content (AvgIpc) is 2.44. The lowest BCUT2D eigenvalue weighted by molar-refractivity contribution is -0.885. The molecule has 0 aromatic heterocycles. The molecule has 1 atom stereocenters. The monoisotopic (exact) mass is 331 g/mol. The fraction of sp³-hybridized carbons (Fsp3) is 0.882. The van der Waals surface area contributed by atoms with Crippen molar-refractivity contribution in [1.29, 1.82) is 0 Å². The topological polar surface area (TPSA) is 54.4 Å². The summed E-state index contributed by atoms with van der Waals surface area (Å²) in [5, 5.41) is 11.0. The lowest BCUT2D eigenvalue weighted by atomic mass is 9.86. The van der Waals surface area contributed by atoms with Gasteiger partial charge in [0.05, 0.1) is 21.1 Å². The molecule has 0 spiro atoms. The van der Waals surface area contributed by atoms with Crippen molar-refractivity contribution in [3.8, 4) is 0 Å². The minimum absolute atomic E-state index is 0.255. The number of aliphatic hydroxyl groups is 1. The van der Waals surface area contributed by atoms with E-state index in [1.54, 1.807) is 0 Å². The molecule has 130 valence electrons. The highest BCUT2D eigenvalue weighted by molar-refractivity contribution is 7.17. The van der Waals surface area contributed by atoms with E-state index in [1.165, 1.54) is 0 Å². The highest BCUT2D eigenvalue weighted by Crippen LogP contribution is 2.30. The van der Waals surface area contributed by atoms with Gasteiger partial charge in [-0.3, -0.25) is 9.59 Å². The van der Waals surface area contributed by atoms with Gasteiger partial charge in [-0.1, -0.05) is 39.5 Å². The van der Waals surface area contributed by atoms with Crippen LogP contribution in [0.2, 0.25) is 0 Å². The number of carbonyl (C=O) groups is 2. The Bertz CT molecular complexity index is 341. The Morgan fingerprint density at radius 1 is 0.955 bits per heavy atom. The minimum atomic E-state index is -1.93. The second kappa shape index (κ2) is 9.75. The van der Waals surface area contributed by atoms with Gasteiger partial charge in [-0.15, -0.1) is 0 Å².